The predicted octanol–water partition coefficient (Wildman–Crippen LogP) is 2.01. The van der Waals surface area contributed by atoms with E-state index in [2.05, 4.69) is 24.1 Å². The van der Waals surface area contributed by atoms with E-state index in [1.807, 2.05) is 11.4 Å². The molecule has 0 aliphatic heterocycles. The van der Waals surface area contributed by atoms with Crippen LogP contribution in [0.5, 0.6) is 0 Å². The number of hydrogen-bond donors (Lipinski definition) is 2. The van der Waals surface area contributed by atoms with Crippen molar-refractivity contribution in [3.05, 3.63) is 21.9 Å². The summed E-state index contributed by atoms with van der Waals surface area (Å²) < 4.78 is 0. The van der Waals surface area contributed by atoms with Crippen molar-refractivity contribution in [3.8, 4) is 11.8 Å². The first-order valence-corrected chi connectivity index (χ1v) is 6.98. The average Bonchev–Trinajstić information content (AvgIpc) is 2.91. The molecule has 1 aromatic rings. The number of rotatable bonds is 4. The van der Waals surface area contributed by atoms with E-state index in [0.717, 1.165) is 12.1 Å². The summed E-state index contributed by atoms with van der Waals surface area (Å²) in [5.41, 5.74) is 1.07. The van der Waals surface area contributed by atoms with Crippen LogP contribution in [0.25, 0.3) is 0 Å². The molecule has 4 heteroatoms. The highest BCUT2D eigenvalue weighted by atomic mass is 32.1. The van der Waals surface area contributed by atoms with E-state index < -0.39 is 0 Å². The Balaban J connectivity index is 1.97. The molecule has 0 bridgehead atoms. The number of nitrogens with one attached hydrogen (secondary N) is 1. The minimum absolute atomic E-state index is 0.0357. The predicted molar refractivity (Wildman–Crippen MR) is 72.6 cm³/mol. The summed E-state index contributed by atoms with van der Waals surface area (Å²) in [6, 6.07) is 1.85. The van der Waals surface area contributed by atoms with E-state index in [4.69, 9.17) is 5.11 Å². The Labute approximate surface area is 111 Å². The smallest absolute Gasteiger partial charge is 0.262 e. The molecule has 1 amide bonds. The Bertz CT molecular complexity index is 491. The molecule has 1 aliphatic carbocycles. The van der Waals surface area contributed by atoms with Crippen LogP contribution in [0.15, 0.2) is 11.4 Å². The number of carbonyl (C=O) groups excluding carboxylic acids is 1. The highest BCUT2D eigenvalue weighted by Gasteiger charge is 2.37. The summed E-state index contributed by atoms with van der Waals surface area (Å²) in [6.07, 6.45) is 2.83. The van der Waals surface area contributed by atoms with Gasteiger partial charge in [-0.1, -0.05) is 18.8 Å². The van der Waals surface area contributed by atoms with Crippen LogP contribution in [0.3, 0.4) is 0 Å². The van der Waals surface area contributed by atoms with Crippen molar-refractivity contribution in [3.63, 3.8) is 0 Å². The van der Waals surface area contributed by atoms with Gasteiger partial charge in [0.2, 0.25) is 0 Å². The van der Waals surface area contributed by atoms with Crippen molar-refractivity contribution in [1.29, 1.82) is 0 Å². The summed E-state index contributed by atoms with van der Waals surface area (Å²) in [5, 5.41) is 13.5. The van der Waals surface area contributed by atoms with Gasteiger partial charge in [-0.15, -0.1) is 11.3 Å². The Morgan fingerprint density at radius 1 is 1.61 bits per heavy atom. The minimum Gasteiger partial charge on any atom is -0.395 e. The maximum Gasteiger partial charge on any atom is 0.262 e. The van der Waals surface area contributed by atoms with Gasteiger partial charge in [0.25, 0.3) is 5.91 Å². The fraction of sp³-hybridized carbons (Fsp3) is 0.500. The Morgan fingerprint density at radius 2 is 2.39 bits per heavy atom. The van der Waals surface area contributed by atoms with Gasteiger partial charge in [0.15, 0.2) is 0 Å². The lowest BCUT2D eigenvalue weighted by atomic mass is 10.1. The third kappa shape index (κ3) is 3.34. The van der Waals surface area contributed by atoms with E-state index in [-0.39, 0.29) is 12.5 Å². The largest absolute Gasteiger partial charge is 0.395 e. The molecule has 1 saturated carbocycles. The number of thiophene rings is 1. The van der Waals surface area contributed by atoms with Gasteiger partial charge in [-0.2, -0.15) is 0 Å². The van der Waals surface area contributed by atoms with Crippen molar-refractivity contribution < 1.29 is 9.90 Å². The minimum atomic E-state index is -0.0357. The van der Waals surface area contributed by atoms with Crippen molar-refractivity contribution in [1.82, 2.24) is 5.32 Å². The fourth-order valence-corrected chi connectivity index (χ4v) is 2.33. The average molecular weight is 263 g/mol. The molecular weight excluding hydrogens is 246 g/mol. The first-order valence-electron chi connectivity index (χ1n) is 6.10. The summed E-state index contributed by atoms with van der Waals surface area (Å²) in [6.45, 7) is 2.98. The molecule has 1 aromatic heterocycles. The lowest BCUT2D eigenvalue weighted by Crippen LogP contribution is -2.28. The third-order valence-corrected chi connectivity index (χ3v) is 4.02. The van der Waals surface area contributed by atoms with Gasteiger partial charge in [-0.05, 0) is 29.7 Å². The second-order valence-electron chi connectivity index (χ2n) is 4.93. The zero-order chi connectivity index (χ0) is 13.0. The van der Waals surface area contributed by atoms with E-state index in [1.54, 1.807) is 0 Å². The molecule has 0 unspecified atom stereocenters. The molecular formula is C14H17NO2S. The summed E-state index contributed by atoms with van der Waals surface area (Å²) in [4.78, 5) is 12.7. The number of aliphatic hydroxyl groups excluding tert-OH is 1. The Kier molecular flexibility index (Phi) is 4.05. The first-order chi connectivity index (χ1) is 8.64. The second-order valence-corrected chi connectivity index (χ2v) is 5.85. The van der Waals surface area contributed by atoms with Crippen LogP contribution < -0.4 is 5.32 Å². The third-order valence-electron chi connectivity index (χ3n) is 3.11. The van der Waals surface area contributed by atoms with Crippen LogP contribution in [-0.4, -0.2) is 24.2 Å². The molecule has 0 spiro atoms. The summed E-state index contributed by atoms with van der Waals surface area (Å²) in [7, 11) is 0. The molecule has 0 radical (unpaired) electrons. The molecule has 18 heavy (non-hydrogen) atoms. The molecule has 1 heterocycles. The Hall–Kier alpha value is -1.31. The van der Waals surface area contributed by atoms with Crippen LogP contribution in [-0.2, 0) is 0 Å². The lowest BCUT2D eigenvalue weighted by Gasteiger charge is -2.09. The van der Waals surface area contributed by atoms with Crippen molar-refractivity contribution >= 4 is 17.2 Å². The monoisotopic (exact) mass is 263 g/mol. The summed E-state index contributed by atoms with van der Waals surface area (Å²) >= 11 is 1.41. The van der Waals surface area contributed by atoms with Gasteiger partial charge in [-0.25, -0.2) is 0 Å². The second kappa shape index (κ2) is 5.55. The van der Waals surface area contributed by atoms with Gasteiger partial charge >= 0.3 is 0 Å². The van der Waals surface area contributed by atoms with Crippen LogP contribution in [0.1, 0.15) is 41.4 Å². The quantitative estimate of drug-likeness (QED) is 0.816. The number of aliphatic hydroxyl groups is 1. The molecule has 2 rings (SSSR count). The van der Waals surface area contributed by atoms with Crippen molar-refractivity contribution in [2.75, 3.05) is 13.2 Å². The molecule has 0 atom stereocenters. The van der Waals surface area contributed by atoms with Crippen LogP contribution in [0.4, 0.5) is 0 Å². The van der Waals surface area contributed by atoms with E-state index >= 15 is 0 Å². The van der Waals surface area contributed by atoms with Crippen molar-refractivity contribution in [2.45, 2.75) is 26.2 Å². The maximum atomic E-state index is 12.0. The zero-order valence-electron chi connectivity index (χ0n) is 10.5. The van der Waals surface area contributed by atoms with Crippen LogP contribution in [0, 0.1) is 17.3 Å². The van der Waals surface area contributed by atoms with Gasteiger partial charge in [-0.3, -0.25) is 4.79 Å². The highest BCUT2D eigenvalue weighted by Crippen LogP contribution is 2.44. The first kappa shape index (κ1) is 13.1. The van der Waals surface area contributed by atoms with Crippen molar-refractivity contribution in [2.24, 2.45) is 5.41 Å². The SMILES string of the molecule is CC1(CNC(=O)c2sccc2C#CCCO)CC1. The highest BCUT2D eigenvalue weighted by molar-refractivity contribution is 7.12. The molecule has 0 saturated heterocycles. The number of hydrogen-bond acceptors (Lipinski definition) is 3. The molecule has 1 fully saturated rings. The standard InChI is InChI=1S/C14H17NO2S/c1-14(6-7-14)10-15-13(17)12-11(5-9-18-12)4-2-3-8-16/h5,9,16H,3,6-8,10H2,1H3,(H,15,17). The molecule has 96 valence electrons. The van der Waals surface area contributed by atoms with Gasteiger partial charge in [0.1, 0.15) is 4.88 Å². The number of amides is 1. The molecule has 0 aromatic carbocycles. The molecule has 1 aliphatic rings. The van der Waals surface area contributed by atoms with Gasteiger partial charge in [0, 0.05) is 18.5 Å². The summed E-state index contributed by atoms with van der Waals surface area (Å²) in [5.74, 6) is 5.74. The topological polar surface area (TPSA) is 49.3 Å². The molecule has 3 nitrogen and oxygen atoms in total. The van der Waals surface area contributed by atoms with Gasteiger partial charge < -0.3 is 10.4 Å². The molecule has 2 N–H and O–H groups in total. The maximum absolute atomic E-state index is 12.0. The van der Waals surface area contributed by atoms with E-state index in [9.17, 15) is 4.79 Å². The Morgan fingerprint density at radius 3 is 3.06 bits per heavy atom. The normalized spacial score (nSPS) is 15.7. The van der Waals surface area contributed by atoms with E-state index in [0.29, 0.717) is 16.7 Å². The zero-order valence-corrected chi connectivity index (χ0v) is 11.3. The fourth-order valence-electron chi connectivity index (χ4n) is 1.56. The number of carbonyl (C=O) groups is 1. The van der Waals surface area contributed by atoms with Crippen LogP contribution in [0.2, 0.25) is 0 Å². The lowest BCUT2D eigenvalue weighted by molar-refractivity contribution is 0.0950. The van der Waals surface area contributed by atoms with Gasteiger partial charge in [0.05, 0.1) is 6.61 Å². The van der Waals surface area contributed by atoms with Crippen LogP contribution >= 0.6 is 11.3 Å². The van der Waals surface area contributed by atoms with E-state index in [1.165, 1.54) is 24.2 Å².